The number of esters is 1. The molecule has 55 heavy (non-hydrogen) atoms. The fourth-order valence-electron chi connectivity index (χ4n) is 7.36. The van der Waals surface area contributed by atoms with Crippen LogP contribution in [-0.4, -0.2) is 19.2 Å². The SMILES string of the molecule is CCCCCCCCCCCCCCCCCCOc1ccc(COC(=O)c2ccc(Br)cc2)c(OCCCCCCCCCCCCCCCCCC)c1. The summed E-state index contributed by atoms with van der Waals surface area (Å²) in [5.74, 6) is 1.25. The molecular formula is C50H83BrO4. The van der Waals surface area contributed by atoms with Crippen LogP contribution in [-0.2, 0) is 11.3 Å². The molecule has 2 aromatic rings. The number of rotatable bonds is 39. The Morgan fingerprint density at radius 2 is 0.818 bits per heavy atom. The molecule has 0 bridgehead atoms. The summed E-state index contributed by atoms with van der Waals surface area (Å²) < 4.78 is 19.1. The van der Waals surface area contributed by atoms with Crippen LogP contribution >= 0.6 is 15.9 Å². The van der Waals surface area contributed by atoms with E-state index in [0.717, 1.165) is 41.0 Å². The lowest BCUT2D eigenvalue weighted by Gasteiger charge is -2.15. The second-order valence-corrected chi connectivity index (χ2v) is 17.1. The van der Waals surface area contributed by atoms with Gasteiger partial charge in [0.15, 0.2) is 0 Å². The van der Waals surface area contributed by atoms with Crippen molar-refractivity contribution < 1.29 is 19.0 Å². The highest BCUT2D eigenvalue weighted by atomic mass is 79.9. The standard InChI is InChI=1S/C50H83BrO4/c1-3-5-7-9-11-13-15-17-19-21-23-25-27-29-31-33-41-53-48-40-37-46(44-55-50(52)45-35-38-47(51)39-36-45)49(43-48)54-42-34-32-30-28-26-24-22-20-18-16-14-12-10-8-6-4-2/h35-40,43H,3-34,41-42,44H2,1-2H3. The number of ether oxygens (including phenoxy) is 3. The van der Waals surface area contributed by atoms with Crippen molar-refractivity contribution in [2.45, 2.75) is 226 Å². The summed E-state index contributed by atoms with van der Waals surface area (Å²) in [6.07, 6.45) is 43.5. The largest absolute Gasteiger partial charge is 0.493 e. The highest BCUT2D eigenvalue weighted by Crippen LogP contribution is 2.27. The summed E-state index contributed by atoms with van der Waals surface area (Å²) >= 11 is 3.43. The molecule has 5 heteroatoms. The van der Waals surface area contributed by atoms with E-state index in [4.69, 9.17) is 14.2 Å². The molecule has 0 fully saturated rings. The van der Waals surface area contributed by atoms with Crippen LogP contribution in [0.5, 0.6) is 11.5 Å². The van der Waals surface area contributed by atoms with E-state index in [9.17, 15) is 4.79 Å². The van der Waals surface area contributed by atoms with Crippen LogP contribution in [0.15, 0.2) is 46.9 Å². The van der Waals surface area contributed by atoms with E-state index < -0.39 is 0 Å². The molecule has 0 heterocycles. The predicted molar refractivity (Wildman–Crippen MR) is 240 cm³/mol. The van der Waals surface area contributed by atoms with Crippen LogP contribution in [0.4, 0.5) is 0 Å². The lowest BCUT2D eigenvalue weighted by atomic mass is 10.0. The topological polar surface area (TPSA) is 44.8 Å². The van der Waals surface area contributed by atoms with Gasteiger partial charge in [0.2, 0.25) is 0 Å². The average Bonchev–Trinajstić information content (AvgIpc) is 3.20. The van der Waals surface area contributed by atoms with Gasteiger partial charge < -0.3 is 14.2 Å². The Bertz CT molecular complexity index is 1150. The van der Waals surface area contributed by atoms with Gasteiger partial charge in [0.05, 0.1) is 18.8 Å². The quantitative estimate of drug-likeness (QED) is 0.0497. The minimum atomic E-state index is -0.333. The van der Waals surface area contributed by atoms with Crippen molar-refractivity contribution in [2.24, 2.45) is 0 Å². The maximum Gasteiger partial charge on any atom is 0.338 e. The molecule has 0 aliphatic heterocycles. The first-order valence-corrected chi connectivity index (χ1v) is 24.2. The third-order valence-corrected chi connectivity index (χ3v) is 11.5. The molecule has 0 radical (unpaired) electrons. The molecule has 0 saturated heterocycles. The van der Waals surface area contributed by atoms with Crippen molar-refractivity contribution in [2.75, 3.05) is 13.2 Å². The first kappa shape index (κ1) is 49.1. The zero-order chi connectivity index (χ0) is 39.3. The molecule has 0 aromatic heterocycles. The Hall–Kier alpha value is -2.01. The Labute approximate surface area is 348 Å². The molecule has 0 unspecified atom stereocenters. The predicted octanol–water partition coefficient (Wildman–Crippen LogP) is 17.1. The zero-order valence-electron chi connectivity index (χ0n) is 35.8. The minimum Gasteiger partial charge on any atom is -0.493 e. The van der Waals surface area contributed by atoms with Crippen molar-refractivity contribution in [1.82, 2.24) is 0 Å². The zero-order valence-corrected chi connectivity index (χ0v) is 37.4. The number of unbranched alkanes of at least 4 members (excludes halogenated alkanes) is 30. The first-order chi connectivity index (χ1) is 27.1. The van der Waals surface area contributed by atoms with E-state index in [1.165, 1.54) is 193 Å². The maximum absolute atomic E-state index is 12.7. The monoisotopic (exact) mass is 827 g/mol. The van der Waals surface area contributed by atoms with Crippen LogP contribution in [0.3, 0.4) is 0 Å². The Balaban J connectivity index is 1.61. The first-order valence-electron chi connectivity index (χ1n) is 23.4. The van der Waals surface area contributed by atoms with Gasteiger partial charge in [0, 0.05) is 16.1 Å². The molecule has 314 valence electrons. The highest BCUT2D eigenvalue weighted by Gasteiger charge is 2.12. The van der Waals surface area contributed by atoms with Crippen molar-refractivity contribution in [3.63, 3.8) is 0 Å². The summed E-state index contributed by atoms with van der Waals surface area (Å²) in [7, 11) is 0. The van der Waals surface area contributed by atoms with E-state index in [1.54, 1.807) is 12.1 Å². The lowest BCUT2D eigenvalue weighted by molar-refractivity contribution is 0.0469. The maximum atomic E-state index is 12.7. The fourth-order valence-corrected chi connectivity index (χ4v) is 7.63. The van der Waals surface area contributed by atoms with Crippen molar-refractivity contribution >= 4 is 21.9 Å². The number of hydrogen-bond acceptors (Lipinski definition) is 4. The van der Waals surface area contributed by atoms with Gasteiger partial charge >= 0.3 is 5.97 Å². The van der Waals surface area contributed by atoms with E-state index in [-0.39, 0.29) is 12.6 Å². The Kier molecular flexibility index (Phi) is 32.5. The van der Waals surface area contributed by atoms with Gasteiger partial charge in [-0.3, -0.25) is 0 Å². The van der Waals surface area contributed by atoms with Crippen LogP contribution < -0.4 is 9.47 Å². The van der Waals surface area contributed by atoms with Crippen molar-refractivity contribution in [1.29, 1.82) is 0 Å². The molecular weight excluding hydrogens is 744 g/mol. The lowest BCUT2D eigenvalue weighted by Crippen LogP contribution is -2.07. The number of carbonyl (C=O) groups is 1. The van der Waals surface area contributed by atoms with Crippen LogP contribution in [0.25, 0.3) is 0 Å². The van der Waals surface area contributed by atoms with E-state index in [1.807, 2.05) is 30.3 Å². The van der Waals surface area contributed by atoms with Gasteiger partial charge in [-0.1, -0.05) is 222 Å². The molecule has 0 aliphatic rings. The molecule has 2 aromatic carbocycles. The minimum absolute atomic E-state index is 0.169. The Morgan fingerprint density at radius 1 is 0.455 bits per heavy atom. The van der Waals surface area contributed by atoms with Crippen molar-refractivity contribution in [3.05, 3.63) is 58.1 Å². The van der Waals surface area contributed by atoms with Gasteiger partial charge in [0.1, 0.15) is 18.1 Å². The van der Waals surface area contributed by atoms with Gasteiger partial charge in [-0.25, -0.2) is 4.79 Å². The average molecular weight is 828 g/mol. The van der Waals surface area contributed by atoms with Gasteiger partial charge in [-0.15, -0.1) is 0 Å². The van der Waals surface area contributed by atoms with Gasteiger partial charge in [-0.05, 0) is 49.2 Å². The molecule has 0 N–H and O–H groups in total. The molecule has 0 atom stereocenters. The van der Waals surface area contributed by atoms with E-state index in [0.29, 0.717) is 12.2 Å². The van der Waals surface area contributed by atoms with Crippen LogP contribution in [0.1, 0.15) is 235 Å². The smallest absolute Gasteiger partial charge is 0.338 e. The second kappa shape index (κ2) is 36.3. The molecule has 0 saturated carbocycles. The van der Waals surface area contributed by atoms with Crippen molar-refractivity contribution in [3.8, 4) is 11.5 Å². The molecule has 0 aliphatic carbocycles. The van der Waals surface area contributed by atoms with Gasteiger partial charge in [0.25, 0.3) is 0 Å². The third-order valence-electron chi connectivity index (χ3n) is 11.0. The summed E-state index contributed by atoms with van der Waals surface area (Å²) in [4.78, 5) is 12.7. The molecule has 2 rings (SSSR count). The number of benzene rings is 2. The van der Waals surface area contributed by atoms with E-state index >= 15 is 0 Å². The fraction of sp³-hybridized carbons (Fsp3) is 0.740. The normalized spacial score (nSPS) is 11.3. The summed E-state index contributed by atoms with van der Waals surface area (Å²) in [6.45, 7) is 6.13. The molecule has 0 spiro atoms. The molecule has 0 amide bonds. The molecule has 4 nitrogen and oxygen atoms in total. The summed E-state index contributed by atoms with van der Waals surface area (Å²) in [6, 6.07) is 13.2. The van der Waals surface area contributed by atoms with Gasteiger partial charge in [-0.2, -0.15) is 0 Å². The van der Waals surface area contributed by atoms with Crippen LogP contribution in [0.2, 0.25) is 0 Å². The summed E-state index contributed by atoms with van der Waals surface area (Å²) in [5, 5.41) is 0. The number of carbonyl (C=O) groups excluding carboxylic acids is 1. The summed E-state index contributed by atoms with van der Waals surface area (Å²) in [5.41, 5.74) is 1.41. The number of hydrogen-bond donors (Lipinski definition) is 0. The number of halogens is 1. The van der Waals surface area contributed by atoms with E-state index in [2.05, 4.69) is 29.8 Å². The van der Waals surface area contributed by atoms with Crippen LogP contribution in [0, 0.1) is 0 Å². The Morgan fingerprint density at radius 3 is 1.22 bits per heavy atom. The highest BCUT2D eigenvalue weighted by molar-refractivity contribution is 9.10. The second-order valence-electron chi connectivity index (χ2n) is 16.2. The third kappa shape index (κ3) is 28.1.